The normalized spacial score (nSPS) is 15.1. The lowest BCUT2D eigenvalue weighted by Crippen LogP contribution is -2.20. The Morgan fingerprint density at radius 3 is 2.79 bits per heavy atom. The molecule has 0 bridgehead atoms. The molecule has 0 spiro atoms. The maximum atomic E-state index is 10.6. The molecule has 0 radical (unpaired) electrons. The Labute approximate surface area is 88.6 Å². The average molecular weight is 238 g/mol. The number of rotatable bonds is 4. The number of hydrogen-bond donors (Lipinski definition) is 3. The number of aromatic nitrogens is 1. The third-order valence-corrected chi connectivity index (χ3v) is 2.80. The molecule has 2 atom stereocenters. The molecule has 0 fully saturated rings. The van der Waals surface area contributed by atoms with E-state index in [9.17, 15) is 15.0 Å². The lowest BCUT2D eigenvalue weighted by atomic mass is 10.1. The van der Waals surface area contributed by atoms with Gasteiger partial charge in [0.25, 0.3) is 0 Å². The fourth-order valence-corrected chi connectivity index (χ4v) is 1.87. The van der Waals surface area contributed by atoms with E-state index in [0.29, 0.717) is 0 Å². The van der Waals surface area contributed by atoms with Crippen molar-refractivity contribution >= 4 is 28.9 Å². The van der Waals surface area contributed by atoms with Crippen molar-refractivity contribution in [2.75, 3.05) is 5.88 Å². The highest BCUT2D eigenvalue weighted by molar-refractivity contribution is 7.10. The first-order valence-electron chi connectivity index (χ1n) is 3.66. The molecule has 5 nitrogen and oxygen atoms in total. The van der Waals surface area contributed by atoms with E-state index in [-0.39, 0.29) is 16.5 Å². The molecule has 14 heavy (non-hydrogen) atoms. The van der Waals surface area contributed by atoms with Crippen LogP contribution in [-0.4, -0.2) is 38.3 Å². The van der Waals surface area contributed by atoms with Crippen LogP contribution in [0.25, 0.3) is 0 Å². The van der Waals surface area contributed by atoms with E-state index < -0.39 is 18.2 Å². The van der Waals surface area contributed by atoms with Gasteiger partial charge in [0.15, 0.2) is 5.69 Å². The molecule has 0 aliphatic heterocycles. The zero-order valence-corrected chi connectivity index (χ0v) is 8.49. The monoisotopic (exact) mass is 237 g/mol. The van der Waals surface area contributed by atoms with E-state index in [4.69, 9.17) is 16.7 Å². The van der Waals surface area contributed by atoms with Crippen LogP contribution in [-0.2, 0) is 0 Å². The molecule has 78 valence electrons. The van der Waals surface area contributed by atoms with E-state index in [1.54, 1.807) is 0 Å². The van der Waals surface area contributed by atoms with Gasteiger partial charge in [-0.2, -0.15) is 0 Å². The summed E-state index contributed by atoms with van der Waals surface area (Å²) in [5, 5.41) is 27.4. The molecule has 0 amide bonds. The Kier molecular flexibility index (Phi) is 3.82. The summed E-state index contributed by atoms with van der Waals surface area (Å²) in [6, 6.07) is 0. The van der Waals surface area contributed by atoms with Gasteiger partial charge in [0.1, 0.15) is 6.10 Å². The van der Waals surface area contributed by atoms with Crippen molar-refractivity contribution in [2.45, 2.75) is 12.2 Å². The Morgan fingerprint density at radius 1 is 1.64 bits per heavy atom. The molecule has 0 saturated heterocycles. The SMILES string of the molecule is O=C(O)c1ncsc1C(O)C(O)CCl. The molecular weight excluding hydrogens is 230 g/mol. The minimum absolute atomic E-state index is 0.116. The number of alkyl halides is 1. The van der Waals surface area contributed by atoms with Gasteiger partial charge in [-0.05, 0) is 0 Å². The van der Waals surface area contributed by atoms with E-state index in [1.807, 2.05) is 0 Å². The summed E-state index contributed by atoms with van der Waals surface area (Å²) >= 11 is 6.29. The van der Waals surface area contributed by atoms with Crippen LogP contribution >= 0.6 is 22.9 Å². The van der Waals surface area contributed by atoms with E-state index in [2.05, 4.69) is 4.98 Å². The second-order valence-corrected chi connectivity index (χ2v) is 3.73. The number of halogens is 1. The molecule has 0 aliphatic rings. The lowest BCUT2D eigenvalue weighted by Gasteiger charge is -2.13. The summed E-state index contributed by atoms with van der Waals surface area (Å²) in [5.74, 6) is -1.40. The molecule has 0 aliphatic carbocycles. The van der Waals surface area contributed by atoms with Crippen LogP contribution in [0.15, 0.2) is 5.51 Å². The molecule has 3 N–H and O–H groups in total. The van der Waals surface area contributed by atoms with Gasteiger partial charge in [-0.25, -0.2) is 9.78 Å². The lowest BCUT2D eigenvalue weighted by molar-refractivity contribution is 0.0334. The highest BCUT2D eigenvalue weighted by atomic mass is 35.5. The van der Waals surface area contributed by atoms with Crippen molar-refractivity contribution < 1.29 is 20.1 Å². The zero-order valence-electron chi connectivity index (χ0n) is 6.92. The Balaban J connectivity index is 2.94. The molecule has 7 heteroatoms. The van der Waals surface area contributed by atoms with Crippen molar-refractivity contribution in [2.24, 2.45) is 0 Å². The van der Waals surface area contributed by atoms with Crippen molar-refractivity contribution in [3.05, 3.63) is 16.1 Å². The number of carbonyl (C=O) groups is 1. The number of aliphatic hydroxyl groups excluding tert-OH is 2. The first-order chi connectivity index (χ1) is 6.57. The standard InChI is InChI=1S/C7H8ClNO4S/c8-1-3(10)5(11)6-4(7(12)13)9-2-14-6/h2-3,5,10-11H,1H2,(H,12,13). The van der Waals surface area contributed by atoms with Crippen LogP contribution in [0.4, 0.5) is 0 Å². The minimum Gasteiger partial charge on any atom is -0.476 e. The van der Waals surface area contributed by atoms with Crippen LogP contribution in [0.3, 0.4) is 0 Å². The van der Waals surface area contributed by atoms with E-state index in [1.165, 1.54) is 5.51 Å². The summed E-state index contributed by atoms with van der Waals surface area (Å²) in [6.45, 7) is 0. The number of aliphatic hydroxyl groups is 2. The topological polar surface area (TPSA) is 90.7 Å². The first kappa shape index (κ1) is 11.4. The van der Waals surface area contributed by atoms with Crippen LogP contribution in [0, 0.1) is 0 Å². The molecule has 0 saturated carbocycles. The molecule has 2 unspecified atom stereocenters. The Hall–Kier alpha value is -0.690. The Bertz CT molecular complexity index is 329. The van der Waals surface area contributed by atoms with Gasteiger partial charge >= 0.3 is 5.97 Å². The summed E-state index contributed by atoms with van der Waals surface area (Å²) < 4.78 is 0. The number of hydrogen-bond acceptors (Lipinski definition) is 5. The van der Waals surface area contributed by atoms with Gasteiger partial charge in [0.2, 0.25) is 0 Å². The van der Waals surface area contributed by atoms with Gasteiger partial charge < -0.3 is 15.3 Å². The van der Waals surface area contributed by atoms with Crippen molar-refractivity contribution in [3.8, 4) is 0 Å². The molecule has 1 aromatic rings. The third kappa shape index (κ3) is 2.21. The van der Waals surface area contributed by atoms with Crippen LogP contribution < -0.4 is 0 Å². The van der Waals surface area contributed by atoms with Gasteiger partial charge in [0, 0.05) is 0 Å². The largest absolute Gasteiger partial charge is 0.476 e. The maximum Gasteiger partial charge on any atom is 0.355 e. The number of thiazole rings is 1. The fraction of sp³-hybridized carbons (Fsp3) is 0.429. The van der Waals surface area contributed by atoms with Gasteiger partial charge in [-0.1, -0.05) is 0 Å². The second kappa shape index (κ2) is 4.70. The molecule has 0 aromatic carbocycles. The third-order valence-electron chi connectivity index (χ3n) is 1.59. The summed E-state index contributed by atoms with van der Waals surface area (Å²) in [4.78, 5) is 14.3. The minimum atomic E-state index is -1.30. The summed E-state index contributed by atoms with van der Waals surface area (Å²) in [6.07, 6.45) is -2.48. The van der Waals surface area contributed by atoms with E-state index >= 15 is 0 Å². The van der Waals surface area contributed by atoms with Gasteiger partial charge in [-0.3, -0.25) is 0 Å². The van der Waals surface area contributed by atoms with Crippen molar-refractivity contribution in [3.63, 3.8) is 0 Å². The molecular formula is C7H8ClNO4S. The predicted molar refractivity (Wildman–Crippen MR) is 50.8 cm³/mol. The summed E-state index contributed by atoms with van der Waals surface area (Å²) in [5.41, 5.74) is 1.05. The number of carboxylic acid groups (broad SMARTS) is 1. The number of carboxylic acids is 1. The highest BCUT2D eigenvalue weighted by Gasteiger charge is 2.25. The summed E-state index contributed by atoms with van der Waals surface area (Å²) in [7, 11) is 0. The van der Waals surface area contributed by atoms with Crippen molar-refractivity contribution in [1.29, 1.82) is 0 Å². The number of aromatic carboxylic acids is 1. The molecule has 1 heterocycles. The van der Waals surface area contributed by atoms with Crippen LogP contribution in [0.5, 0.6) is 0 Å². The highest BCUT2D eigenvalue weighted by Crippen LogP contribution is 2.25. The fourth-order valence-electron chi connectivity index (χ4n) is 0.885. The van der Waals surface area contributed by atoms with E-state index in [0.717, 1.165) is 11.3 Å². The predicted octanol–water partition coefficient (Wildman–Crippen LogP) is 0.474. The maximum absolute atomic E-state index is 10.6. The van der Waals surface area contributed by atoms with Gasteiger partial charge in [-0.15, -0.1) is 22.9 Å². The quantitative estimate of drug-likeness (QED) is 0.663. The molecule has 1 aromatic heterocycles. The van der Waals surface area contributed by atoms with Crippen LogP contribution in [0.1, 0.15) is 21.5 Å². The van der Waals surface area contributed by atoms with Crippen LogP contribution in [0.2, 0.25) is 0 Å². The second-order valence-electron chi connectivity index (χ2n) is 2.54. The number of nitrogens with zero attached hydrogens (tertiary/aromatic N) is 1. The Morgan fingerprint density at radius 2 is 2.29 bits per heavy atom. The van der Waals surface area contributed by atoms with Gasteiger partial charge in [0.05, 0.1) is 22.4 Å². The smallest absolute Gasteiger partial charge is 0.355 e. The average Bonchev–Trinajstić information content (AvgIpc) is 2.63. The first-order valence-corrected chi connectivity index (χ1v) is 5.08. The molecule has 1 rings (SSSR count). The zero-order chi connectivity index (χ0) is 10.7. The van der Waals surface area contributed by atoms with Crippen molar-refractivity contribution in [1.82, 2.24) is 4.98 Å².